The van der Waals surface area contributed by atoms with E-state index in [9.17, 15) is 4.79 Å². The van der Waals surface area contributed by atoms with Crippen molar-refractivity contribution in [3.05, 3.63) is 47.8 Å². The molecule has 2 heterocycles. The highest BCUT2D eigenvalue weighted by atomic mass is 16.5. The summed E-state index contributed by atoms with van der Waals surface area (Å²) in [7, 11) is 1.65. The van der Waals surface area contributed by atoms with Gasteiger partial charge in [0.25, 0.3) is 5.91 Å². The molecule has 1 N–H and O–H groups in total. The fourth-order valence-electron chi connectivity index (χ4n) is 3.53. The quantitative estimate of drug-likeness (QED) is 0.813. The Morgan fingerprint density at radius 1 is 1.30 bits per heavy atom. The Morgan fingerprint density at radius 3 is 2.85 bits per heavy atom. The predicted molar refractivity (Wildman–Crippen MR) is 106 cm³/mol. The lowest BCUT2D eigenvalue weighted by Crippen LogP contribution is -2.40. The molecule has 1 amide bonds. The molecule has 0 spiro atoms. The van der Waals surface area contributed by atoms with Gasteiger partial charge < -0.3 is 15.0 Å². The van der Waals surface area contributed by atoms with Gasteiger partial charge in [-0.2, -0.15) is 0 Å². The van der Waals surface area contributed by atoms with Gasteiger partial charge in [0.2, 0.25) is 5.95 Å². The van der Waals surface area contributed by atoms with E-state index in [1.54, 1.807) is 19.5 Å². The van der Waals surface area contributed by atoms with Gasteiger partial charge in [-0.25, -0.2) is 9.97 Å². The Labute approximate surface area is 161 Å². The first-order valence-electron chi connectivity index (χ1n) is 9.71. The van der Waals surface area contributed by atoms with Crippen molar-refractivity contribution in [2.75, 3.05) is 25.1 Å². The number of aromatic nitrogens is 2. The first-order valence-corrected chi connectivity index (χ1v) is 9.71. The van der Waals surface area contributed by atoms with E-state index in [0.717, 1.165) is 36.6 Å². The van der Waals surface area contributed by atoms with E-state index in [4.69, 9.17) is 4.74 Å². The summed E-state index contributed by atoms with van der Waals surface area (Å²) in [6.07, 6.45) is 8.72. The lowest BCUT2D eigenvalue weighted by molar-refractivity contribution is 0.0953. The van der Waals surface area contributed by atoms with Gasteiger partial charge in [0.15, 0.2) is 0 Å². The first kappa shape index (κ1) is 19.1. The van der Waals surface area contributed by atoms with E-state index in [1.807, 2.05) is 24.3 Å². The summed E-state index contributed by atoms with van der Waals surface area (Å²) in [6.45, 7) is 3.75. The fourth-order valence-corrected chi connectivity index (χ4v) is 3.53. The van der Waals surface area contributed by atoms with Crippen LogP contribution in [0.2, 0.25) is 0 Å². The second-order valence-electron chi connectivity index (χ2n) is 6.88. The van der Waals surface area contributed by atoms with E-state index in [-0.39, 0.29) is 5.91 Å². The second kappa shape index (κ2) is 9.35. The van der Waals surface area contributed by atoms with Crippen molar-refractivity contribution in [1.29, 1.82) is 0 Å². The minimum Gasteiger partial charge on any atom is -0.497 e. The third-order valence-electron chi connectivity index (χ3n) is 5.09. The number of carbonyl (C=O) groups excluding carboxylic acids is 1. The van der Waals surface area contributed by atoms with Crippen molar-refractivity contribution < 1.29 is 9.53 Å². The molecule has 1 aromatic carbocycles. The summed E-state index contributed by atoms with van der Waals surface area (Å²) in [4.78, 5) is 23.5. The van der Waals surface area contributed by atoms with Crippen LogP contribution in [0.5, 0.6) is 5.75 Å². The molecule has 6 heteroatoms. The van der Waals surface area contributed by atoms with Gasteiger partial charge in [0.1, 0.15) is 5.75 Å². The number of hydrogen-bond acceptors (Lipinski definition) is 5. The lowest BCUT2D eigenvalue weighted by atomic mass is 10.0. The number of nitrogens with one attached hydrogen (secondary N) is 1. The highest BCUT2D eigenvalue weighted by Crippen LogP contribution is 2.23. The lowest BCUT2D eigenvalue weighted by Gasteiger charge is -2.35. The summed E-state index contributed by atoms with van der Waals surface area (Å²) in [6, 6.07) is 8.36. The number of piperidine rings is 1. The molecule has 1 atom stereocenters. The van der Waals surface area contributed by atoms with Gasteiger partial charge >= 0.3 is 0 Å². The zero-order valence-electron chi connectivity index (χ0n) is 16.1. The smallest absolute Gasteiger partial charge is 0.254 e. The Morgan fingerprint density at radius 2 is 2.11 bits per heavy atom. The predicted octanol–water partition coefficient (Wildman–Crippen LogP) is 3.23. The second-order valence-corrected chi connectivity index (χ2v) is 6.88. The molecule has 0 aliphatic carbocycles. The molecular formula is C21H28N4O2. The third-order valence-corrected chi connectivity index (χ3v) is 5.09. The summed E-state index contributed by atoms with van der Waals surface area (Å²) < 4.78 is 5.22. The molecule has 1 aromatic heterocycles. The summed E-state index contributed by atoms with van der Waals surface area (Å²) in [5.74, 6) is 1.41. The minimum atomic E-state index is -0.143. The highest BCUT2D eigenvalue weighted by Gasteiger charge is 2.23. The van der Waals surface area contributed by atoms with Gasteiger partial charge in [-0.3, -0.25) is 4.79 Å². The average molecular weight is 368 g/mol. The van der Waals surface area contributed by atoms with Crippen molar-refractivity contribution in [2.45, 2.75) is 45.1 Å². The number of carbonyl (C=O) groups is 1. The highest BCUT2D eigenvalue weighted by molar-refractivity contribution is 5.93. The maximum atomic E-state index is 12.3. The van der Waals surface area contributed by atoms with Crippen LogP contribution in [0.15, 0.2) is 36.7 Å². The van der Waals surface area contributed by atoms with E-state index in [1.165, 1.54) is 19.3 Å². The molecule has 1 fully saturated rings. The number of ether oxygens (including phenoxy) is 1. The van der Waals surface area contributed by atoms with Crippen LogP contribution in [0.1, 0.15) is 48.5 Å². The maximum Gasteiger partial charge on any atom is 0.254 e. The molecule has 1 unspecified atom stereocenters. The molecule has 1 aliphatic rings. The maximum absolute atomic E-state index is 12.3. The number of benzene rings is 1. The molecule has 0 bridgehead atoms. The van der Waals surface area contributed by atoms with E-state index < -0.39 is 0 Å². The normalized spacial score (nSPS) is 16.8. The van der Waals surface area contributed by atoms with Crippen LogP contribution in [0.25, 0.3) is 0 Å². The molecule has 1 saturated heterocycles. The average Bonchev–Trinajstić information content (AvgIpc) is 2.74. The van der Waals surface area contributed by atoms with Gasteiger partial charge in [-0.15, -0.1) is 0 Å². The van der Waals surface area contributed by atoms with Crippen molar-refractivity contribution in [3.8, 4) is 5.75 Å². The van der Waals surface area contributed by atoms with Crippen LogP contribution in [0, 0.1) is 0 Å². The van der Waals surface area contributed by atoms with E-state index >= 15 is 0 Å². The summed E-state index contributed by atoms with van der Waals surface area (Å²) >= 11 is 0. The van der Waals surface area contributed by atoms with Crippen LogP contribution in [0.3, 0.4) is 0 Å². The minimum absolute atomic E-state index is 0.143. The third kappa shape index (κ3) is 4.96. The molecule has 144 valence electrons. The van der Waals surface area contributed by atoms with Crippen LogP contribution >= 0.6 is 0 Å². The molecule has 0 radical (unpaired) electrons. The molecule has 1 aliphatic heterocycles. The number of methoxy groups -OCH3 is 1. The number of anilines is 1. The number of rotatable bonds is 7. The zero-order valence-corrected chi connectivity index (χ0v) is 16.1. The SMILES string of the molecule is CCC1CCCCN1c1ncc(C(=O)NCCc2cccc(OC)c2)cn1. The molecule has 6 nitrogen and oxygen atoms in total. The van der Waals surface area contributed by atoms with Crippen molar-refractivity contribution >= 4 is 11.9 Å². The number of hydrogen-bond donors (Lipinski definition) is 1. The van der Waals surface area contributed by atoms with E-state index in [0.29, 0.717) is 18.2 Å². The Balaban J connectivity index is 1.54. The van der Waals surface area contributed by atoms with Crippen LogP contribution in [-0.4, -0.2) is 42.1 Å². The van der Waals surface area contributed by atoms with Gasteiger partial charge in [-0.1, -0.05) is 19.1 Å². The molecule has 27 heavy (non-hydrogen) atoms. The van der Waals surface area contributed by atoms with Gasteiger partial charge in [0.05, 0.1) is 12.7 Å². The molecule has 2 aromatic rings. The summed E-state index contributed by atoms with van der Waals surface area (Å²) in [5, 5.41) is 2.93. The van der Waals surface area contributed by atoms with Crippen molar-refractivity contribution in [2.24, 2.45) is 0 Å². The van der Waals surface area contributed by atoms with Gasteiger partial charge in [-0.05, 0) is 49.8 Å². The fraction of sp³-hybridized carbons (Fsp3) is 0.476. The van der Waals surface area contributed by atoms with Crippen LogP contribution in [0.4, 0.5) is 5.95 Å². The molecule has 0 saturated carbocycles. The van der Waals surface area contributed by atoms with Crippen LogP contribution in [-0.2, 0) is 6.42 Å². The Kier molecular flexibility index (Phi) is 6.63. The number of nitrogens with zero attached hydrogens (tertiary/aromatic N) is 3. The monoisotopic (exact) mass is 368 g/mol. The van der Waals surface area contributed by atoms with Crippen molar-refractivity contribution in [1.82, 2.24) is 15.3 Å². The number of amides is 1. The topological polar surface area (TPSA) is 67.4 Å². The molecule has 3 rings (SSSR count). The largest absolute Gasteiger partial charge is 0.497 e. The van der Waals surface area contributed by atoms with Crippen LogP contribution < -0.4 is 15.0 Å². The first-order chi connectivity index (χ1) is 13.2. The van der Waals surface area contributed by atoms with Gasteiger partial charge in [0, 0.05) is 31.5 Å². The Bertz CT molecular complexity index is 748. The summed E-state index contributed by atoms with van der Waals surface area (Å²) in [5.41, 5.74) is 1.62. The zero-order chi connectivity index (χ0) is 19.1. The van der Waals surface area contributed by atoms with Crippen molar-refractivity contribution in [3.63, 3.8) is 0 Å². The Hall–Kier alpha value is -2.63. The van der Waals surface area contributed by atoms with E-state index in [2.05, 4.69) is 27.1 Å². The molecular weight excluding hydrogens is 340 g/mol. The standard InChI is InChI=1S/C21H28N4O2/c1-3-18-8-4-5-12-25(18)21-23-14-17(15-24-21)20(26)22-11-10-16-7-6-9-19(13-16)27-2/h6-7,9,13-15,18H,3-5,8,10-12H2,1-2H3,(H,22,26).